The predicted octanol–water partition coefficient (Wildman–Crippen LogP) is 1.88. The van der Waals surface area contributed by atoms with Crippen LogP contribution in [0.15, 0.2) is 18.6 Å². The van der Waals surface area contributed by atoms with Gasteiger partial charge in [0.1, 0.15) is 17.8 Å². The molecular weight excluding hydrogens is 238 g/mol. The van der Waals surface area contributed by atoms with Gasteiger partial charge in [-0.3, -0.25) is 0 Å². The standard InChI is InChI=1S/C14H21N5/c1-18(2)11-4-3-8-19(9-6-11)14-12-5-7-15-13(12)16-10-17-14/h5,7,10-11H,3-4,6,8-9H2,1-2H3,(H,15,16,17)/t11-/m0/s1. The monoisotopic (exact) mass is 259 g/mol. The van der Waals surface area contributed by atoms with Crippen LogP contribution in [-0.4, -0.2) is 53.1 Å². The first-order valence-electron chi connectivity index (χ1n) is 6.95. The molecule has 0 aromatic carbocycles. The molecule has 1 fully saturated rings. The first kappa shape index (κ1) is 12.4. The van der Waals surface area contributed by atoms with E-state index in [0.717, 1.165) is 29.9 Å². The number of H-pyrrole nitrogens is 1. The molecule has 3 rings (SSSR count). The van der Waals surface area contributed by atoms with Gasteiger partial charge in [-0.15, -0.1) is 0 Å². The Kier molecular flexibility index (Phi) is 3.38. The quantitative estimate of drug-likeness (QED) is 0.894. The van der Waals surface area contributed by atoms with Crippen molar-refractivity contribution in [2.45, 2.75) is 25.3 Å². The molecule has 2 aromatic rings. The van der Waals surface area contributed by atoms with Crippen LogP contribution < -0.4 is 4.90 Å². The summed E-state index contributed by atoms with van der Waals surface area (Å²) in [5.74, 6) is 1.07. The van der Waals surface area contributed by atoms with Gasteiger partial charge in [-0.05, 0) is 39.4 Å². The summed E-state index contributed by atoms with van der Waals surface area (Å²) in [6, 6.07) is 2.76. The summed E-state index contributed by atoms with van der Waals surface area (Å²) in [6.45, 7) is 2.15. The number of aromatic nitrogens is 3. The first-order valence-corrected chi connectivity index (χ1v) is 6.95. The molecule has 1 saturated heterocycles. The fourth-order valence-corrected chi connectivity index (χ4v) is 2.92. The van der Waals surface area contributed by atoms with Crippen molar-refractivity contribution in [2.75, 3.05) is 32.1 Å². The lowest BCUT2D eigenvalue weighted by Gasteiger charge is -2.24. The van der Waals surface area contributed by atoms with Crippen molar-refractivity contribution in [3.63, 3.8) is 0 Å². The number of anilines is 1. The number of fused-ring (bicyclic) bond motifs is 1. The normalized spacial score (nSPS) is 21.0. The fraction of sp³-hybridized carbons (Fsp3) is 0.571. The molecule has 19 heavy (non-hydrogen) atoms. The summed E-state index contributed by atoms with van der Waals surface area (Å²) >= 11 is 0. The second kappa shape index (κ2) is 5.17. The van der Waals surface area contributed by atoms with E-state index in [-0.39, 0.29) is 0 Å². The molecule has 0 radical (unpaired) electrons. The molecule has 0 unspecified atom stereocenters. The Morgan fingerprint density at radius 3 is 3.00 bits per heavy atom. The molecule has 0 bridgehead atoms. The summed E-state index contributed by atoms with van der Waals surface area (Å²) in [6.07, 6.45) is 7.28. The van der Waals surface area contributed by atoms with Crippen molar-refractivity contribution < 1.29 is 0 Å². The van der Waals surface area contributed by atoms with E-state index in [0.29, 0.717) is 6.04 Å². The zero-order chi connectivity index (χ0) is 13.2. The van der Waals surface area contributed by atoms with Crippen LogP contribution in [0.5, 0.6) is 0 Å². The van der Waals surface area contributed by atoms with Crippen LogP contribution in [0.25, 0.3) is 11.0 Å². The third kappa shape index (κ3) is 2.42. The van der Waals surface area contributed by atoms with E-state index in [1.54, 1.807) is 6.33 Å². The average molecular weight is 259 g/mol. The minimum absolute atomic E-state index is 0.688. The van der Waals surface area contributed by atoms with Crippen LogP contribution in [0.3, 0.4) is 0 Å². The van der Waals surface area contributed by atoms with Crippen LogP contribution in [0.4, 0.5) is 5.82 Å². The van der Waals surface area contributed by atoms with E-state index in [4.69, 9.17) is 0 Å². The summed E-state index contributed by atoms with van der Waals surface area (Å²) in [5.41, 5.74) is 0.929. The second-order valence-electron chi connectivity index (χ2n) is 5.47. The number of aromatic amines is 1. The Labute approximate surface area is 113 Å². The zero-order valence-electron chi connectivity index (χ0n) is 11.6. The van der Waals surface area contributed by atoms with Crippen LogP contribution in [0.2, 0.25) is 0 Å². The van der Waals surface area contributed by atoms with Gasteiger partial charge in [0, 0.05) is 25.3 Å². The van der Waals surface area contributed by atoms with E-state index in [9.17, 15) is 0 Å². The largest absolute Gasteiger partial charge is 0.356 e. The minimum atomic E-state index is 0.688. The Morgan fingerprint density at radius 1 is 1.26 bits per heavy atom. The van der Waals surface area contributed by atoms with E-state index in [2.05, 4.69) is 44.9 Å². The Bertz CT molecular complexity index is 548. The summed E-state index contributed by atoms with van der Waals surface area (Å²) in [4.78, 5) is 16.7. The lowest BCUT2D eigenvalue weighted by Crippen LogP contribution is -2.30. The third-order valence-corrected chi connectivity index (χ3v) is 4.06. The Morgan fingerprint density at radius 2 is 2.16 bits per heavy atom. The van der Waals surface area contributed by atoms with Crippen molar-refractivity contribution in [1.82, 2.24) is 19.9 Å². The number of nitrogens with zero attached hydrogens (tertiary/aromatic N) is 4. The molecule has 102 valence electrons. The molecule has 0 aliphatic carbocycles. The maximum atomic E-state index is 4.50. The van der Waals surface area contributed by atoms with Gasteiger partial charge in [-0.2, -0.15) is 0 Å². The second-order valence-corrected chi connectivity index (χ2v) is 5.47. The number of hydrogen-bond donors (Lipinski definition) is 1. The summed E-state index contributed by atoms with van der Waals surface area (Å²) < 4.78 is 0. The molecule has 0 spiro atoms. The van der Waals surface area contributed by atoms with E-state index in [1.165, 1.54) is 19.3 Å². The van der Waals surface area contributed by atoms with Crippen molar-refractivity contribution >= 4 is 16.9 Å². The highest BCUT2D eigenvalue weighted by atomic mass is 15.2. The van der Waals surface area contributed by atoms with Gasteiger partial charge < -0.3 is 14.8 Å². The van der Waals surface area contributed by atoms with Crippen LogP contribution in [0.1, 0.15) is 19.3 Å². The van der Waals surface area contributed by atoms with Gasteiger partial charge in [0.15, 0.2) is 0 Å². The molecular formula is C14H21N5. The van der Waals surface area contributed by atoms with Gasteiger partial charge in [0.2, 0.25) is 0 Å². The fourth-order valence-electron chi connectivity index (χ4n) is 2.92. The number of rotatable bonds is 2. The average Bonchev–Trinajstić information content (AvgIpc) is 2.74. The topological polar surface area (TPSA) is 48.1 Å². The highest BCUT2D eigenvalue weighted by Gasteiger charge is 2.20. The highest BCUT2D eigenvalue weighted by Crippen LogP contribution is 2.25. The molecule has 2 aromatic heterocycles. The molecule has 3 heterocycles. The Hall–Kier alpha value is -1.62. The van der Waals surface area contributed by atoms with Gasteiger partial charge in [0.05, 0.1) is 5.39 Å². The van der Waals surface area contributed by atoms with Gasteiger partial charge >= 0.3 is 0 Å². The highest BCUT2D eigenvalue weighted by molar-refractivity contribution is 5.87. The lowest BCUT2D eigenvalue weighted by molar-refractivity contribution is 0.272. The molecule has 1 atom stereocenters. The molecule has 1 N–H and O–H groups in total. The summed E-state index contributed by atoms with van der Waals surface area (Å²) in [7, 11) is 4.35. The molecule has 0 saturated carbocycles. The maximum Gasteiger partial charge on any atom is 0.142 e. The van der Waals surface area contributed by atoms with Crippen molar-refractivity contribution in [3.05, 3.63) is 18.6 Å². The lowest BCUT2D eigenvalue weighted by atomic mass is 10.1. The molecule has 5 nitrogen and oxygen atoms in total. The van der Waals surface area contributed by atoms with E-state index >= 15 is 0 Å². The molecule has 1 aliphatic heterocycles. The zero-order valence-corrected chi connectivity index (χ0v) is 11.6. The molecule has 0 amide bonds. The van der Waals surface area contributed by atoms with Gasteiger partial charge in [0.25, 0.3) is 0 Å². The predicted molar refractivity (Wildman–Crippen MR) is 77.4 cm³/mol. The first-order chi connectivity index (χ1) is 9.25. The third-order valence-electron chi connectivity index (χ3n) is 4.06. The van der Waals surface area contributed by atoms with E-state index < -0.39 is 0 Å². The SMILES string of the molecule is CN(C)[C@H]1CCCN(c2ncnc3[nH]ccc23)CC1. The van der Waals surface area contributed by atoms with E-state index in [1.807, 2.05) is 6.20 Å². The number of hydrogen-bond acceptors (Lipinski definition) is 4. The van der Waals surface area contributed by atoms with Crippen molar-refractivity contribution in [2.24, 2.45) is 0 Å². The van der Waals surface area contributed by atoms with Gasteiger partial charge in [-0.1, -0.05) is 0 Å². The van der Waals surface area contributed by atoms with Crippen LogP contribution in [-0.2, 0) is 0 Å². The maximum absolute atomic E-state index is 4.50. The molecule has 1 aliphatic rings. The Balaban J connectivity index is 1.84. The number of nitrogens with one attached hydrogen (secondary N) is 1. The summed E-state index contributed by atoms with van der Waals surface area (Å²) in [5, 5.41) is 1.13. The van der Waals surface area contributed by atoms with Crippen molar-refractivity contribution in [3.8, 4) is 0 Å². The van der Waals surface area contributed by atoms with Gasteiger partial charge in [-0.25, -0.2) is 9.97 Å². The van der Waals surface area contributed by atoms with Crippen molar-refractivity contribution in [1.29, 1.82) is 0 Å². The minimum Gasteiger partial charge on any atom is -0.356 e. The van der Waals surface area contributed by atoms with Crippen LogP contribution in [0, 0.1) is 0 Å². The van der Waals surface area contributed by atoms with Crippen LogP contribution >= 0.6 is 0 Å². The smallest absolute Gasteiger partial charge is 0.142 e. The molecule has 5 heteroatoms.